The molecule has 0 aliphatic rings. The molecule has 476 valence electrons. The third-order valence-electron chi connectivity index (χ3n) is 11.2. The van der Waals surface area contributed by atoms with Crippen LogP contribution >= 0.6 is 0 Å². The summed E-state index contributed by atoms with van der Waals surface area (Å²) in [5.74, 6) is -13.5. The number of esters is 1. The number of benzene rings is 1. The van der Waals surface area contributed by atoms with Gasteiger partial charge in [-0.05, 0) is 85.1 Å². The number of aliphatic carboxylic acids is 4. The number of carbonyl (C=O) groups is 14. The Bertz CT molecular complexity index is 2450. The van der Waals surface area contributed by atoms with Crippen LogP contribution in [0.5, 0.6) is 0 Å². The number of hydrogen-bond donors (Lipinski definition) is 13. The molecular weight excluding hydrogens is 1130 g/mol. The van der Waals surface area contributed by atoms with E-state index < -0.39 is 189 Å². The van der Waals surface area contributed by atoms with Gasteiger partial charge in [0.15, 0.2) is 0 Å². The van der Waals surface area contributed by atoms with Gasteiger partial charge in [0.1, 0.15) is 60.6 Å². The third-order valence-corrected chi connectivity index (χ3v) is 11.2. The minimum Gasteiger partial charge on any atom is -0.481 e. The maximum atomic E-state index is 13.8. The molecule has 0 aliphatic carbocycles. The second-order valence-corrected chi connectivity index (χ2v) is 21.7. The van der Waals surface area contributed by atoms with Crippen LogP contribution in [0.2, 0.25) is 0 Å². The lowest BCUT2D eigenvalue weighted by molar-refractivity contribution is -0.159. The van der Waals surface area contributed by atoms with Crippen LogP contribution in [-0.2, 0) is 87.7 Å². The van der Waals surface area contributed by atoms with Gasteiger partial charge in [0.05, 0.1) is 26.4 Å². The normalized spacial score (nSPS) is 13.3. The van der Waals surface area contributed by atoms with Crippen LogP contribution in [0.25, 0.3) is 0 Å². The SMILES string of the molecule is CC(C)CC(NC(=O)C(Cc1ccccc1)NC(=O)CNC(=O)OC(C)(C)C)C(=O)NCC(=O)NC(CCC(=O)NCCOCCOCC(=O)NC(CCC(=O)NC(CCC(=O)O)C(=O)O)C(=O)NC(CCC(=O)O)C(=O)O)C(=O)OC(C)(C)C. The number of carboxylic acids is 4. The van der Waals surface area contributed by atoms with Gasteiger partial charge in [-0.15, -0.1) is 0 Å². The maximum Gasteiger partial charge on any atom is 0.408 e. The summed E-state index contributed by atoms with van der Waals surface area (Å²) in [5.41, 5.74) is -1.16. The quantitative estimate of drug-likeness (QED) is 0.0270. The zero-order valence-electron chi connectivity index (χ0n) is 49.1. The average molecular weight is 1210 g/mol. The molecule has 1 aromatic carbocycles. The van der Waals surface area contributed by atoms with E-state index in [1.54, 1.807) is 85.7 Å². The second kappa shape index (κ2) is 38.4. The summed E-state index contributed by atoms with van der Waals surface area (Å²) in [6.45, 7) is 11.0. The van der Waals surface area contributed by atoms with Crippen LogP contribution in [0.1, 0.15) is 119 Å². The van der Waals surface area contributed by atoms with Crippen molar-refractivity contribution in [1.82, 2.24) is 47.9 Å². The highest BCUT2D eigenvalue weighted by atomic mass is 16.6. The van der Waals surface area contributed by atoms with Crippen molar-refractivity contribution < 1.29 is 106 Å². The maximum absolute atomic E-state index is 13.8. The second-order valence-electron chi connectivity index (χ2n) is 21.7. The molecule has 13 N–H and O–H groups in total. The molecule has 0 bridgehead atoms. The number of rotatable bonds is 40. The van der Waals surface area contributed by atoms with Crippen molar-refractivity contribution in [3.05, 3.63) is 35.9 Å². The van der Waals surface area contributed by atoms with E-state index in [-0.39, 0.29) is 58.0 Å². The number of carboxylic acid groups (broad SMARTS) is 4. The summed E-state index contributed by atoms with van der Waals surface area (Å²) < 4.78 is 21.3. The summed E-state index contributed by atoms with van der Waals surface area (Å²) in [4.78, 5) is 175. The van der Waals surface area contributed by atoms with Gasteiger partial charge in [-0.2, -0.15) is 0 Å². The van der Waals surface area contributed by atoms with E-state index in [4.69, 9.17) is 29.2 Å². The fourth-order valence-corrected chi connectivity index (χ4v) is 7.28. The highest BCUT2D eigenvalue weighted by molar-refractivity contribution is 5.95. The number of hydrogen-bond acceptors (Lipinski definition) is 18. The number of alkyl carbamates (subject to hydrolysis) is 1. The minimum atomic E-state index is -1.71. The van der Waals surface area contributed by atoms with E-state index in [9.17, 15) is 77.3 Å². The summed E-state index contributed by atoms with van der Waals surface area (Å²) >= 11 is 0. The molecule has 0 saturated heterocycles. The Labute approximate surface area is 491 Å². The first-order chi connectivity index (χ1) is 39.6. The smallest absolute Gasteiger partial charge is 0.408 e. The first-order valence-corrected chi connectivity index (χ1v) is 27.2. The lowest BCUT2D eigenvalue weighted by Gasteiger charge is -2.25. The van der Waals surface area contributed by atoms with E-state index in [0.29, 0.717) is 5.56 Å². The molecule has 0 aromatic heterocycles. The predicted molar refractivity (Wildman–Crippen MR) is 296 cm³/mol. The van der Waals surface area contributed by atoms with Crippen molar-refractivity contribution in [2.75, 3.05) is 46.1 Å². The summed E-state index contributed by atoms with van der Waals surface area (Å²) in [6.07, 6.45) is -4.63. The highest BCUT2D eigenvalue weighted by Crippen LogP contribution is 2.13. The van der Waals surface area contributed by atoms with Gasteiger partial charge < -0.3 is 87.2 Å². The minimum absolute atomic E-state index is 0.0119. The third kappa shape index (κ3) is 36.0. The molecule has 6 atom stereocenters. The fourth-order valence-electron chi connectivity index (χ4n) is 7.28. The number of amides is 9. The van der Waals surface area contributed by atoms with E-state index in [0.717, 1.165) is 0 Å². The summed E-state index contributed by atoms with van der Waals surface area (Å²) in [5, 5.41) is 58.3. The van der Waals surface area contributed by atoms with Crippen LogP contribution in [0, 0.1) is 5.92 Å². The van der Waals surface area contributed by atoms with Gasteiger partial charge in [-0.1, -0.05) is 44.2 Å². The molecule has 0 heterocycles. The molecule has 0 aliphatic heterocycles. The van der Waals surface area contributed by atoms with E-state index in [1.165, 1.54) is 0 Å². The van der Waals surface area contributed by atoms with E-state index >= 15 is 0 Å². The van der Waals surface area contributed by atoms with Crippen LogP contribution < -0.4 is 47.9 Å². The number of carbonyl (C=O) groups excluding carboxylic acids is 10. The first kappa shape index (κ1) is 74.5. The molecule has 85 heavy (non-hydrogen) atoms. The van der Waals surface area contributed by atoms with Gasteiger partial charge in [0, 0.05) is 38.6 Å². The molecule has 0 radical (unpaired) electrons. The van der Waals surface area contributed by atoms with E-state index in [2.05, 4.69) is 47.9 Å². The summed E-state index contributed by atoms with van der Waals surface area (Å²) in [7, 11) is 0. The molecule has 1 rings (SSSR count). The van der Waals surface area contributed by atoms with Crippen LogP contribution in [0.15, 0.2) is 30.3 Å². The van der Waals surface area contributed by atoms with Crippen molar-refractivity contribution in [3.63, 3.8) is 0 Å². The van der Waals surface area contributed by atoms with Crippen molar-refractivity contribution >= 4 is 83.2 Å². The first-order valence-electron chi connectivity index (χ1n) is 27.2. The molecule has 6 unspecified atom stereocenters. The lowest BCUT2D eigenvalue weighted by atomic mass is 10.0. The average Bonchev–Trinajstić information content (AvgIpc) is 3.58. The van der Waals surface area contributed by atoms with Crippen LogP contribution in [0.3, 0.4) is 0 Å². The Hall–Kier alpha value is -8.48. The van der Waals surface area contributed by atoms with Crippen molar-refractivity contribution in [2.24, 2.45) is 5.92 Å². The highest BCUT2D eigenvalue weighted by Gasteiger charge is 2.32. The van der Waals surface area contributed by atoms with Gasteiger partial charge >= 0.3 is 35.9 Å². The zero-order valence-corrected chi connectivity index (χ0v) is 49.1. The van der Waals surface area contributed by atoms with Crippen molar-refractivity contribution in [2.45, 2.75) is 167 Å². The van der Waals surface area contributed by atoms with Gasteiger partial charge in [-0.3, -0.25) is 47.9 Å². The Morgan fingerprint density at radius 2 is 0.929 bits per heavy atom. The molecular formula is C54H83N9O22. The standard InChI is InChI=1S/C54H83N9O22/c1-31(2)26-37(63-48(75)38(27-32-12-10-9-11-13-32)61-42(67)29-57-52(81)85-54(6,7)8)46(73)56-28-41(66)60-36(51(80)84-53(3,4)5)15-18-39(64)55-22-23-82-24-25-83-30-43(68)58-33(47(74)62-35(50(78)79)17-21-45(71)72)14-19-40(65)59-34(49(76)77)16-20-44(69)70/h9-13,31,33-38H,14-30H2,1-8H3,(H,55,64)(H,56,73)(H,57,81)(H,58,68)(H,59,65)(H,60,66)(H,61,67)(H,62,74)(H,63,75)(H,69,70)(H,71,72)(H,76,77)(H,78,79). The topological polar surface area (TPSA) is 465 Å². The van der Waals surface area contributed by atoms with Gasteiger partial charge in [0.2, 0.25) is 47.3 Å². The lowest BCUT2D eigenvalue weighted by Crippen LogP contribution is -2.56. The van der Waals surface area contributed by atoms with Crippen molar-refractivity contribution in [1.29, 1.82) is 0 Å². The Morgan fingerprint density at radius 1 is 0.459 bits per heavy atom. The Kier molecular flexibility index (Phi) is 33.7. The van der Waals surface area contributed by atoms with E-state index in [1.807, 2.05) is 0 Å². The molecule has 0 spiro atoms. The molecule has 31 nitrogen and oxygen atoms in total. The molecule has 1 aromatic rings. The zero-order chi connectivity index (χ0) is 64.5. The Balaban J connectivity index is 2.85. The fraction of sp³-hybridized carbons (Fsp3) is 0.630. The van der Waals surface area contributed by atoms with Crippen LogP contribution in [-0.4, -0.2) is 197 Å². The number of nitrogens with one attached hydrogen (secondary N) is 9. The molecule has 0 saturated carbocycles. The van der Waals surface area contributed by atoms with Gasteiger partial charge in [0.25, 0.3) is 0 Å². The van der Waals surface area contributed by atoms with Gasteiger partial charge in [-0.25, -0.2) is 19.2 Å². The molecule has 0 fully saturated rings. The predicted octanol–water partition coefficient (Wildman–Crippen LogP) is -1.22. The molecule has 31 heteroatoms. The van der Waals surface area contributed by atoms with Crippen molar-refractivity contribution in [3.8, 4) is 0 Å². The molecule has 9 amide bonds. The largest absolute Gasteiger partial charge is 0.481 e. The Morgan fingerprint density at radius 3 is 1.48 bits per heavy atom. The van der Waals surface area contributed by atoms with Crippen LogP contribution in [0.4, 0.5) is 4.79 Å². The monoisotopic (exact) mass is 1210 g/mol. The summed E-state index contributed by atoms with van der Waals surface area (Å²) in [6, 6.07) is 0.0228. The number of ether oxygens (including phenoxy) is 4.